The number of carbonyl (C=O) groups excluding carboxylic acids is 2. The quantitative estimate of drug-likeness (QED) is 0.486. The number of anilines is 1. The molecule has 2 heterocycles. The van der Waals surface area contributed by atoms with Crippen LogP contribution in [0.25, 0.3) is 0 Å². The summed E-state index contributed by atoms with van der Waals surface area (Å²) >= 11 is 5.39. The molecule has 8 nitrogen and oxygen atoms in total. The van der Waals surface area contributed by atoms with Crippen molar-refractivity contribution in [3.63, 3.8) is 0 Å². The molecule has 1 saturated heterocycles. The lowest BCUT2D eigenvalue weighted by molar-refractivity contribution is -0.305. The van der Waals surface area contributed by atoms with Crippen molar-refractivity contribution >= 4 is 34.9 Å². The number of nitrogens with zero attached hydrogens (tertiary/aromatic N) is 3. The first-order valence-electron chi connectivity index (χ1n) is 9.38. The first-order chi connectivity index (χ1) is 14.0. The molecule has 154 valence electrons. The Bertz CT molecular complexity index is 883. The molecule has 9 heteroatoms. The predicted molar refractivity (Wildman–Crippen MR) is 109 cm³/mol. The number of aliphatic carboxylic acids is 1. The highest BCUT2D eigenvalue weighted by molar-refractivity contribution is 7.80. The summed E-state index contributed by atoms with van der Waals surface area (Å²) in [5.41, 5.74) is 1.08. The number of carboxylic acid groups (broad SMARTS) is 1. The molecule has 0 radical (unpaired) electrons. The monoisotopic (exact) mass is 416 g/mol. The van der Waals surface area contributed by atoms with Crippen LogP contribution in [0.4, 0.5) is 5.69 Å². The third kappa shape index (κ3) is 4.25. The van der Waals surface area contributed by atoms with Crippen molar-refractivity contribution in [2.24, 2.45) is 0 Å². The highest BCUT2D eigenvalue weighted by atomic mass is 32.1. The van der Waals surface area contributed by atoms with Gasteiger partial charge in [0.05, 0.1) is 12.3 Å². The van der Waals surface area contributed by atoms with E-state index in [0.717, 1.165) is 12.1 Å². The summed E-state index contributed by atoms with van der Waals surface area (Å²) in [6.07, 6.45) is 3.79. The van der Waals surface area contributed by atoms with E-state index in [1.165, 1.54) is 4.90 Å². The molecule has 0 spiro atoms. The van der Waals surface area contributed by atoms with E-state index >= 15 is 0 Å². The van der Waals surface area contributed by atoms with Crippen LogP contribution in [0.3, 0.4) is 0 Å². The Morgan fingerprint density at radius 2 is 1.93 bits per heavy atom. The highest BCUT2D eigenvalue weighted by Gasteiger charge is 2.37. The lowest BCUT2D eigenvalue weighted by Crippen LogP contribution is -2.34. The number of β-amino-alcohol motifs (C(OH)–C–C–N with tert-alkyl or cyclic N) is 1. The summed E-state index contributed by atoms with van der Waals surface area (Å²) in [6.45, 7) is 2.67. The second-order valence-electron chi connectivity index (χ2n) is 6.51. The van der Waals surface area contributed by atoms with Gasteiger partial charge in [0.2, 0.25) is 5.88 Å². The minimum Gasteiger partial charge on any atom is -0.550 e. The van der Waals surface area contributed by atoms with E-state index in [1.807, 2.05) is 25.1 Å². The highest BCUT2D eigenvalue weighted by Crippen LogP contribution is 2.38. The van der Waals surface area contributed by atoms with Crippen molar-refractivity contribution in [2.75, 3.05) is 31.1 Å². The summed E-state index contributed by atoms with van der Waals surface area (Å²) in [4.78, 5) is 28.5. The van der Waals surface area contributed by atoms with Crippen LogP contribution < -0.4 is 14.7 Å². The maximum Gasteiger partial charge on any atom is 0.276 e. The molecule has 2 aliphatic rings. The van der Waals surface area contributed by atoms with Crippen LogP contribution in [0.15, 0.2) is 48.0 Å². The van der Waals surface area contributed by atoms with Gasteiger partial charge in [-0.15, -0.1) is 0 Å². The van der Waals surface area contributed by atoms with Crippen LogP contribution in [0.1, 0.15) is 19.8 Å². The number of allylic oxidation sites excluding steroid dienone is 2. The average molecular weight is 416 g/mol. The topological polar surface area (TPSA) is 96.4 Å². The second kappa shape index (κ2) is 9.06. The van der Waals surface area contributed by atoms with Gasteiger partial charge in [-0.2, -0.15) is 0 Å². The van der Waals surface area contributed by atoms with Crippen LogP contribution >= 0.6 is 12.2 Å². The van der Waals surface area contributed by atoms with Crippen molar-refractivity contribution in [3.05, 3.63) is 48.0 Å². The molecule has 0 atom stereocenters. The summed E-state index contributed by atoms with van der Waals surface area (Å²) in [5, 5.41) is 20.6. The first kappa shape index (κ1) is 20.8. The van der Waals surface area contributed by atoms with Crippen LogP contribution in [-0.4, -0.2) is 58.1 Å². The van der Waals surface area contributed by atoms with Crippen LogP contribution in [-0.2, 0) is 9.59 Å². The van der Waals surface area contributed by atoms with Gasteiger partial charge in [0, 0.05) is 38.1 Å². The molecule has 0 aromatic heterocycles. The summed E-state index contributed by atoms with van der Waals surface area (Å²) in [5.74, 6) is -0.396. The van der Waals surface area contributed by atoms with E-state index in [1.54, 1.807) is 28.0 Å². The molecule has 29 heavy (non-hydrogen) atoms. The largest absolute Gasteiger partial charge is 0.550 e. The Labute approximate surface area is 174 Å². The van der Waals surface area contributed by atoms with E-state index in [9.17, 15) is 19.8 Å². The molecule has 2 aliphatic heterocycles. The van der Waals surface area contributed by atoms with Crippen molar-refractivity contribution in [3.8, 4) is 5.75 Å². The predicted octanol–water partition coefficient (Wildman–Crippen LogP) is 0.582. The molecular weight excluding hydrogens is 394 g/mol. The van der Waals surface area contributed by atoms with Gasteiger partial charge in [0.25, 0.3) is 5.91 Å². The maximum absolute atomic E-state index is 12.8. The van der Waals surface area contributed by atoms with Gasteiger partial charge < -0.3 is 29.5 Å². The normalized spacial score (nSPS) is 18.8. The van der Waals surface area contributed by atoms with Crippen LogP contribution in [0, 0.1) is 0 Å². The number of carbonyl (C=O) groups is 2. The third-order valence-corrected chi connectivity index (χ3v) is 4.99. The zero-order valence-corrected chi connectivity index (χ0v) is 16.9. The van der Waals surface area contributed by atoms with E-state index < -0.39 is 5.97 Å². The van der Waals surface area contributed by atoms with Crippen molar-refractivity contribution in [2.45, 2.75) is 19.8 Å². The number of benzene rings is 1. The average Bonchev–Trinajstić information content (AvgIpc) is 3.16. The van der Waals surface area contributed by atoms with Crippen LogP contribution in [0.5, 0.6) is 5.75 Å². The number of hydrogen-bond donors (Lipinski definition) is 1. The molecule has 0 aliphatic carbocycles. The van der Waals surface area contributed by atoms with E-state index in [0.29, 0.717) is 29.0 Å². The minimum atomic E-state index is -1.16. The second-order valence-corrected chi connectivity index (χ2v) is 6.88. The first-order valence-corrected chi connectivity index (χ1v) is 9.79. The number of hydrogen-bond acceptors (Lipinski definition) is 7. The van der Waals surface area contributed by atoms with Crippen molar-refractivity contribution in [1.29, 1.82) is 0 Å². The number of para-hydroxylation sites is 2. The Balaban J connectivity index is 1.92. The Morgan fingerprint density at radius 1 is 1.17 bits per heavy atom. The van der Waals surface area contributed by atoms with Gasteiger partial charge in [-0.1, -0.05) is 19.1 Å². The maximum atomic E-state index is 12.8. The van der Waals surface area contributed by atoms with E-state index in [-0.39, 0.29) is 32.0 Å². The number of ether oxygens (including phenoxy) is 1. The van der Waals surface area contributed by atoms with Gasteiger partial charge in [0.15, 0.2) is 10.9 Å². The Hall–Kier alpha value is -2.91. The molecular formula is C20H22N3O5S-. The number of thiocarbonyl (C=S) groups is 1. The number of aliphatic hydroxyl groups excluding tert-OH is 1. The van der Waals surface area contributed by atoms with Gasteiger partial charge in [-0.3, -0.25) is 9.69 Å². The standard InChI is InChI=1S/C20H23N3O5S/c1-2-10-23-19(27)15(22(12-13-24)20(23)29)7-8-17-21(11-9-18(25)26)14-5-3-4-6-16(14)28-17/h3-8,24H,2,9-13H2,1H3,(H,25,26)/p-1. The summed E-state index contributed by atoms with van der Waals surface area (Å²) < 4.78 is 5.85. The van der Waals surface area contributed by atoms with Gasteiger partial charge >= 0.3 is 0 Å². The van der Waals surface area contributed by atoms with Gasteiger partial charge in [-0.05, 0) is 36.8 Å². The summed E-state index contributed by atoms with van der Waals surface area (Å²) in [6, 6.07) is 7.27. The molecule has 0 unspecified atom stereocenters. The van der Waals surface area contributed by atoms with Crippen molar-refractivity contribution < 1.29 is 24.5 Å². The van der Waals surface area contributed by atoms with E-state index in [4.69, 9.17) is 17.0 Å². The molecule has 1 aromatic rings. The molecule has 1 aromatic carbocycles. The Kier molecular flexibility index (Phi) is 6.50. The number of rotatable bonds is 8. The fourth-order valence-electron chi connectivity index (χ4n) is 3.25. The number of fused-ring (bicyclic) bond motifs is 1. The van der Waals surface area contributed by atoms with E-state index in [2.05, 4.69) is 0 Å². The number of carboxylic acids is 1. The molecule has 0 saturated carbocycles. The molecule has 1 fully saturated rings. The summed E-state index contributed by atoms with van der Waals surface area (Å²) in [7, 11) is 0. The molecule has 1 amide bonds. The zero-order chi connectivity index (χ0) is 21.0. The molecule has 3 rings (SSSR count). The molecule has 1 N–H and O–H groups in total. The van der Waals surface area contributed by atoms with Gasteiger partial charge in [0.1, 0.15) is 5.70 Å². The smallest absolute Gasteiger partial charge is 0.276 e. The van der Waals surface area contributed by atoms with Crippen molar-refractivity contribution in [1.82, 2.24) is 9.80 Å². The molecule has 0 bridgehead atoms. The SMILES string of the molecule is CCCN1C(=O)C(=CC=C2Oc3ccccc3N2CCC(=O)[O-])N(CCO)C1=S. The fourth-order valence-corrected chi connectivity index (χ4v) is 3.61. The minimum absolute atomic E-state index is 0.152. The van der Waals surface area contributed by atoms with Crippen LogP contribution in [0.2, 0.25) is 0 Å². The fraction of sp³-hybridized carbons (Fsp3) is 0.350. The third-order valence-electron chi connectivity index (χ3n) is 4.55. The number of aliphatic hydroxyl groups is 1. The lowest BCUT2D eigenvalue weighted by Gasteiger charge is -2.19. The van der Waals surface area contributed by atoms with Gasteiger partial charge in [-0.25, -0.2) is 0 Å². The zero-order valence-electron chi connectivity index (χ0n) is 16.0. The number of amides is 1. The Morgan fingerprint density at radius 3 is 2.62 bits per heavy atom. The lowest BCUT2D eigenvalue weighted by atomic mass is 10.2.